The summed E-state index contributed by atoms with van der Waals surface area (Å²) in [5, 5.41) is 0.702. The van der Waals surface area contributed by atoms with Gasteiger partial charge >= 0.3 is 0 Å². The van der Waals surface area contributed by atoms with Crippen molar-refractivity contribution < 1.29 is 13.6 Å². The molecule has 2 aromatic carbocycles. The van der Waals surface area contributed by atoms with E-state index in [4.69, 9.17) is 11.6 Å². The first-order valence-electron chi connectivity index (χ1n) is 9.92. The molecule has 0 saturated carbocycles. The van der Waals surface area contributed by atoms with Crippen molar-refractivity contribution in [1.29, 1.82) is 0 Å². The van der Waals surface area contributed by atoms with Crippen molar-refractivity contribution in [2.45, 2.75) is 24.9 Å². The molecule has 162 valence electrons. The average Bonchev–Trinajstić information content (AvgIpc) is 2.73. The van der Waals surface area contributed by atoms with Crippen LogP contribution in [0.2, 0.25) is 5.02 Å². The molecule has 1 fully saturated rings. The van der Waals surface area contributed by atoms with E-state index >= 15 is 0 Å². The number of rotatable bonds is 4. The van der Waals surface area contributed by atoms with E-state index in [1.165, 1.54) is 12.1 Å². The number of hydrogen-bond donors (Lipinski definition) is 0. The van der Waals surface area contributed by atoms with Gasteiger partial charge < -0.3 is 4.90 Å². The predicted octanol–water partition coefficient (Wildman–Crippen LogP) is 4.67. The summed E-state index contributed by atoms with van der Waals surface area (Å²) in [5.41, 5.74) is -0.295. The molecule has 0 N–H and O–H groups in total. The van der Waals surface area contributed by atoms with E-state index in [9.17, 15) is 18.4 Å². The largest absolute Gasteiger partial charge is 0.342 e. The Kier molecular flexibility index (Phi) is 6.29. The van der Waals surface area contributed by atoms with Crippen LogP contribution in [0.25, 0.3) is 16.6 Å². The van der Waals surface area contributed by atoms with Crippen molar-refractivity contribution in [3.05, 3.63) is 63.4 Å². The molecule has 1 aliphatic heterocycles. The first-order chi connectivity index (χ1) is 14.8. The lowest BCUT2D eigenvalue weighted by Gasteiger charge is -2.30. The molecule has 1 aliphatic rings. The third-order valence-electron chi connectivity index (χ3n) is 5.28. The lowest BCUT2D eigenvalue weighted by molar-refractivity contribution is -0.130. The second-order valence-electron chi connectivity index (χ2n) is 7.67. The van der Waals surface area contributed by atoms with E-state index in [-0.39, 0.29) is 27.9 Å². The number of thioether (sulfide) groups is 1. The molecular formula is C22H20ClF2N3O2S. The summed E-state index contributed by atoms with van der Waals surface area (Å²) in [7, 11) is 0. The summed E-state index contributed by atoms with van der Waals surface area (Å²) < 4.78 is 29.1. The van der Waals surface area contributed by atoms with Gasteiger partial charge in [0.1, 0.15) is 11.6 Å². The third-order valence-corrected chi connectivity index (χ3v) is 6.44. The van der Waals surface area contributed by atoms with E-state index in [2.05, 4.69) is 11.9 Å². The minimum absolute atomic E-state index is 0.0566. The molecule has 0 aliphatic carbocycles. The van der Waals surface area contributed by atoms with E-state index < -0.39 is 17.2 Å². The van der Waals surface area contributed by atoms with Crippen molar-refractivity contribution >= 4 is 40.2 Å². The summed E-state index contributed by atoms with van der Waals surface area (Å²) in [6.45, 7) is 3.51. The monoisotopic (exact) mass is 463 g/mol. The minimum Gasteiger partial charge on any atom is -0.342 e. The van der Waals surface area contributed by atoms with E-state index in [0.29, 0.717) is 35.6 Å². The molecule has 1 amide bonds. The first-order valence-corrected chi connectivity index (χ1v) is 11.3. The van der Waals surface area contributed by atoms with Gasteiger partial charge in [-0.25, -0.2) is 13.8 Å². The molecule has 5 nitrogen and oxygen atoms in total. The smallest absolute Gasteiger partial charge is 0.266 e. The Hall–Kier alpha value is -2.45. The molecule has 1 saturated heterocycles. The molecule has 1 aromatic heterocycles. The van der Waals surface area contributed by atoms with Gasteiger partial charge in [-0.15, -0.1) is 0 Å². The standard InChI is InChI=1S/C22H20ClF2N3O2S/c1-13-3-2-8-27(11-13)20(29)12-31-22-26-18-6-4-14(23)9-16(18)21(30)28(22)19-7-5-15(24)10-17(19)25/h4-7,9-10,13H,2-3,8,11-12H2,1H3. The Balaban J connectivity index is 1.75. The van der Waals surface area contributed by atoms with Crippen LogP contribution in [0.4, 0.5) is 8.78 Å². The number of amides is 1. The molecular weight excluding hydrogens is 444 g/mol. The molecule has 1 unspecified atom stereocenters. The van der Waals surface area contributed by atoms with E-state index in [0.717, 1.165) is 35.2 Å². The van der Waals surface area contributed by atoms with Crippen LogP contribution in [0.1, 0.15) is 19.8 Å². The van der Waals surface area contributed by atoms with Crippen LogP contribution in [0.15, 0.2) is 46.3 Å². The summed E-state index contributed by atoms with van der Waals surface area (Å²) in [6.07, 6.45) is 2.05. The highest BCUT2D eigenvalue weighted by molar-refractivity contribution is 7.99. The Labute approximate surface area is 187 Å². The maximum absolute atomic E-state index is 14.6. The highest BCUT2D eigenvalue weighted by Crippen LogP contribution is 2.25. The van der Waals surface area contributed by atoms with Crippen molar-refractivity contribution in [1.82, 2.24) is 14.5 Å². The van der Waals surface area contributed by atoms with Gasteiger partial charge in [0, 0.05) is 24.2 Å². The van der Waals surface area contributed by atoms with Crippen molar-refractivity contribution in [2.24, 2.45) is 5.92 Å². The predicted molar refractivity (Wildman–Crippen MR) is 118 cm³/mol. The number of aromatic nitrogens is 2. The molecule has 1 atom stereocenters. The molecule has 3 aromatic rings. The third kappa shape index (κ3) is 4.60. The minimum atomic E-state index is -0.900. The number of nitrogens with zero attached hydrogens (tertiary/aromatic N) is 3. The zero-order valence-electron chi connectivity index (χ0n) is 16.8. The maximum Gasteiger partial charge on any atom is 0.266 e. The van der Waals surface area contributed by atoms with Gasteiger partial charge in [-0.1, -0.05) is 30.3 Å². The van der Waals surface area contributed by atoms with E-state index in [1.54, 1.807) is 12.1 Å². The lowest BCUT2D eigenvalue weighted by Crippen LogP contribution is -2.40. The topological polar surface area (TPSA) is 55.2 Å². The number of benzene rings is 2. The molecule has 0 spiro atoms. The zero-order valence-corrected chi connectivity index (χ0v) is 18.3. The quantitative estimate of drug-likeness (QED) is 0.417. The number of piperidine rings is 1. The Morgan fingerprint density at radius 3 is 2.81 bits per heavy atom. The van der Waals surface area contributed by atoms with Crippen LogP contribution in [0.5, 0.6) is 0 Å². The number of hydrogen-bond acceptors (Lipinski definition) is 4. The molecule has 2 heterocycles. The van der Waals surface area contributed by atoms with Gasteiger partial charge in [0.2, 0.25) is 5.91 Å². The number of likely N-dealkylation sites (tertiary alicyclic amines) is 1. The van der Waals surface area contributed by atoms with Crippen LogP contribution >= 0.6 is 23.4 Å². The zero-order chi connectivity index (χ0) is 22.1. The van der Waals surface area contributed by atoms with Crippen LogP contribution in [0.3, 0.4) is 0 Å². The van der Waals surface area contributed by atoms with E-state index in [1.807, 2.05) is 4.90 Å². The van der Waals surface area contributed by atoms with Gasteiger partial charge in [0.05, 0.1) is 22.3 Å². The van der Waals surface area contributed by atoms with Crippen LogP contribution < -0.4 is 5.56 Å². The Morgan fingerprint density at radius 2 is 2.06 bits per heavy atom. The van der Waals surface area contributed by atoms with Crippen LogP contribution in [0, 0.1) is 17.6 Å². The van der Waals surface area contributed by atoms with Crippen molar-refractivity contribution in [2.75, 3.05) is 18.8 Å². The first kappa shape index (κ1) is 21.8. The van der Waals surface area contributed by atoms with Gasteiger partial charge in [-0.3, -0.25) is 14.2 Å². The van der Waals surface area contributed by atoms with Crippen molar-refractivity contribution in [3.8, 4) is 5.69 Å². The fourth-order valence-electron chi connectivity index (χ4n) is 3.74. The SMILES string of the molecule is CC1CCCN(C(=O)CSc2nc3ccc(Cl)cc3c(=O)n2-c2ccc(F)cc2F)C1. The number of carbonyl (C=O) groups excluding carboxylic acids is 1. The maximum atomic E-state index is 14.6. The highest BCUT2D eigenvalue weighted by Gasteiger charge is 2.23. The lowest BCUT2D eigenvalue weighted by atomic mass is 10.0. The average molecular weight is 464 g/mol. The fourth-order valence-corrected chi connectivity index (χ4v) is 4.82. The molecule has 0 radical (unpaired) electrons. The Bertz CT molecular complexity index is 1220. The molecule has 4 rings (SSSR count). The van der Waals surface area contributed by atoms with Gasteiger partial charge in [-0.2, -0.15) is 0 Å². The van der Waals surface area contributed by atoms with Crippen LogP contribution in [-0.4, -0.2) is 39.2 Å². The second-order valence-corrected chi connectivity index (χ2v) is 9.05. The Morgan fingerprint density at radius 1 is 1.26 bits per heavy atom. The molecule has 0 bridgehead atoms. The number of carbonyl (C=O) groups is 1. The van der Waals surface area contributed by atoms with Gasteiger partial charge in [0.25, 0.3) is 5.56 Å². The highest BCUT2D eigenvalue weighted by atomic mass is 35.5. The summed E-state index contributed by atoms with van der Waals surface area (Å²) >= 11 is 7.08. The number of halogens is 3. The van der Waals surface area contributed by atoms with Crippen molar-refractivity contribution in [3.63, 3.8) is 0 Å². The van der Waals surface area contributed by atoms with Crippen LogP contribution in [-0.2, 0) is 4.79 Å². The number of fused-ring (bicyclic) bond motifs is 1. The van der Waals surface area contributed by atoms with Gasteiger partial charge in [-0.05, 0) is 49.1 Å². The summed E-state index contributed by atoms with van der Waals surface area (Å²) in [5.74, 6) is -1.22. The normalized spacial score (nSPS) is 16.6. The molecule has 9 heteroatoms. The summed E-state index contributed by atoms with van der Waals surface area (Å²) in [6, 6.07) is 7.62. The molecule has 31 heavy (non-hydrogen) atoms. The fraction of sp³-hybridized carbons (Fsp3) is 0.318. The van der Waals surface area contributed by atoms with Gasteiger partial charge in [0.15, 0.2) is 5.16 Å². The summed E-state index contributed by atoms with van der Waals surface area (Å²) in [4.78, 5) is 32.2. The second kappa shape index (κ2) is 8.96.